The van der Waals surface area contributed by atoms with Crippen LogP contribution in [0.5, 0.6) is 0 Å². The lowest BCUT2D eigenvalue weighted by atomic mass is 10.1. The quantitative estimate of drug-likeness (QED) is 0.506. The molecule has 0 aliphatic heterocycles. The number of amides is 3. The molecule has 0 aliphatic carbocycles. The van der Waals surface area contributed by atoms with E-state index in [1.54, 1.807) is 0 Å². The first-order valence-electron chi connectivity index (χ1n) is 7.44. The predicted molar refractivity (Wildman–Crippen MR) is 85.6 cm³/mol. The molecular weight excluding hydrogens is 314 g/mol. The van der Waals surface area contributed by atoms with E-state index in [1.807, 2.05) is 37.3 Å². The Bertz CT molecular complexity index is 603. The van der Waals surface area contributed by atoms with E-state index in [0.29, 0.717) is 0 Å². The molecule has 130 valence electrons. The van der Waals surface area contributed by atoms with Crippen molar-refractivity contribution in [3.63, 3.8) is 0 Å². The summed E-state index contributed by atoms with van der Waals surface area (Å²) in [5.41, 5.74) is 5.96. The van der Waals surface area contributed by atoms with Gasteiger partial charge in [0, 0.05) is 12.8 Å². The van der Waals surface area contributed by atoms with Gasteiger partial charge in [0.15, 0.2) is 0 Å². The van der Waals surface area contributed by atoms with Crippen molar-refractivity contribution in [2.24, 2.45) is 5.73 Å². The first-order chi connectivity index (χ1) is 11.3. The van der Waals surface area contributed by atoms with E-state index in [0.717, 1.165) is 5.56 Å². The van der Waals surface area contributed by atoms with E-state index in [2.05, 4.69) is 10.6 Å². The number of benzene rings is 1. The molecule has 0 aliphatic rings. The average molecular weight is 335 g/mol. The van der Waals surface area contributed by atoms with Gasteiger partial charge in [-0.05, 0) is 12.5 Å². The summed E-state index contributed by atoms with van der Waals surface area (Å²) >= 11 is 0. The molecule has 24 heavy (non-hydrogen) atoms. The van der Waals surface area contributed by atoms with Crippen LogP contribution in [0.1, 0.15) is 37.8 Å². The van der Waals surface area contributed by atoms with Gasteiger partial charge in [-0.25, -0.2) is 0 Å². The highest BCUT2D eigenvalue weighted by molar-refractivity contribution is 5.90. The SMILES string of the molecule is C[C@@H](NC(=O)CCC(=O)N[C@@H](CC(=O)O)C(N)=O)c1ccccc1. The number of primary amides is 1. The normalized spacial score (nSPS) is 12.7. The predicted octanol–water partition coefficient (Wildman–Crippen LogP) is 0.0888. The van der Waals surface area contributed by atoms with E-state index < -0.39 is 30.2 Å². The molecule has 8 heteroatoms. The molecule has 1 aromatic carbocycles. The summed E-state index contributed by atoms with van der Waals surface area (Å²) in [6, 6.07) is 7.85. The third-order valence-electron chi connectivity index (χ3n) is 3.31. The Morgan fingerprint density at radius 2 is 1.58 bits per heavy atom. The summed E-state index contributed by atoms with van der Waals surface area (Å²) < 4.78 is 0. The molecule has 0 saturated heterocycles. The molecule has 0 saturated carbocycles. The molecule has 0 fully saturated rings. The minimum Gasteiger partial charge on any atom is -0.481 e. The standard InChI is InChI=1S/C16H21N3O5/c1-10(11-5-3-2-4-6-11)18-13(20)7-8-14(21)19-12(16(17)24)9-15(22)23/h2-6,10,12H,7-9H2,1H3,(H2,17,24)(H,18,20)(H,19,21)(H,22,23)/t10-,12+/m1/s1. The number of rotatable bonds is 9. The molecule has 0 unspecified atom stereocenters. The third-order valence-corrected chi connectivity index (χ3v) is 3.31. The maximum atomic E-state index is 11.9. The number of hydrogen-bond donors (Lipinski definition) is 4. The van der Waals surface area contributed by atoms with Crippen molar-refractivity contribution in [1.29, 1.82) is 0 Å². The molecule has 0 heterocycles. The van der Waals surface area contributed by atoms with E-state index >= 15 is 0 Å². The molecule has 5 N–H and O–H groups in total. The fourth-order valence-electron chi connectivity index (χ4n) is 2.03. The Morgan fingerprint density at radius 3 is 2.08 bits per heavy atom. The lowest BCUT2D eigenvalue weighted by Gasteiger charge is -2.15. The molecule has 0 bridgehead atoms. The van der Waals surface area contributed by atoms with E-state index in [9.17, 15) is 19.2 Å². The van der Waals surface area contributed by atoms with E-state index in [4.69, 9.17) is 10.8 Å². The van der Waals surface area contributed by atoms with Crippen LogP contribution in [0.4, 0.5) is 0 Å². The monoisotopic (exact) mass is 335 g/mol. The van der Waals surface area contributed by atoms with Gasteiger partial charge >= 0.3 is 5.97 Å². The first-order valence-corrected chi connectivity index (χ1v) is 7.44. The van der Waals surface area contributed by atoms with Gasteiger partial charge in [0.05, 0.1) is 12.5 Å². The molecule has 1 aromatic rings. The van der Waals surface area contributed by atoms with Crippen molar-refractivity contribution in [2.45, 2.75) is 38.3 Å². The fraction of sp³-hybridized carbons (Fsp3) is 0.375. The van der Waals surface area contributed by atoms with Crippen LogP contribution in [0.25, 0.3) is 0 Å². The number of carboxylic acid groups (broad SMARTS) is 1. The second-order valence-electron chi connectivity index (χ2n) is 5.32. The number of aliphatic carboxylic acids is 1. The lowest BCUT2D eigenvalue weighted by molar-refractivity contribution is -0.140. The molecule has 8 nitrogen and oxygen atoms in total. The summed E-state index contributed by atoms with van der Waals surface area (Å²) in [6.45, 7) is 1.82. The minimum absolute atomic E-state index is 0.0818. The number of nitrogens with two attached hydrogens (primary N) is 1. The number of nitrogens with one attached hydrogen (secondary N) is 2. The Hall–Kier alpha value is -2.90. The highest BCUT2D eigenvalue weighted by Gasteiger charge is 2.21. The maximum Gasteiger partial charge on any atom is 0.305 e. The topological polar surface area (TPSA) is 139 Å². The van der Waals surface area contributed by atoms with Crippen LogP contribution in [0, 0.1) is 0 Å². The van der Waals surface area contributed by atoms with Crippen LogP contribution < -0.4 is 16.4 Å². The highest BCUT2D eigenvalue weighted by Crippen LogP contribution is 2.11. The van der Waals surface area contributed by atoms with Gasteiger partial charge < -0.3 is 21.5 Å². The first kappa shape index (κ1) is 19.1. The van der Waals surface area contributed by atoms with Gasteiger partial charge in [-0.15, -0.1) is 0 Å². The molecule has 1 rings (SSSR count). The van der Waals surface area contributed by atoms with Crippen molar-refractivity contribution >= 4 is 23.7 Å². The van der Waals surface area contributed by atoms with Crippen LogP contribution in [0.3, 0.4) is 0 Å². The number of carbonyl (C=O) groups excluding carboxylic acids is 3. The molecular formula is C16H21N3O5. The van der Waals surface area contributed by atoms with Crippen molar-refractivity contribution in [3.05, 3.63) is 35.9 Å². The van der Waals surface area contributed by atoms with Crippen molar-refractivity contribution in [3.8, 4) is 0 Å². The van der Waals surface area contributed by atoms with Crippen LogP contribution in [-0.2, 0) is 19.2 Å². The van der Waals surface area contributed by atoms with E-state index in [-0.39, 0.29) is 24.8 Å². The van der Waals surface area contributed by atoms with Gasteiger partial charge in [-0.2, -0.15) is 0 Å². The smallest absolute Gasteiger partial charge is 0.305 e. The maximum absolute atomic E-state index is 11.9. The van der Waals surface area contributed by atoms with Crippen molar-refractivity contribution in [2.75, 3.05) is 0 Å². The Balaban J connectivity index is 2.41. The molecule has 0 radical (unpaired) electrons. The second kappa shape index (κ2) is 9.29. The van der Waals surface area contributed by atoms with Crippen LogP contribution >= 0.6 is 0 Å². The number of carboxylic acids is 1. The average Bonchev–Trinajstić information content (AvgIpc) is 2.52. The lowest BCUT2D eigenvalue weighted by Crippen LogP contribution is -2.45. The molecule has 3 amide bonds. The van der Waals surface area contributed by atoms with Crippen molar-refractivity contribution in [1.82, 2.24) is 10.6 Å². The fourth-order valence-corrected chi connectivity index (χ4v) is 2.03. The number of carbonyl (C=O) groups is 4. The summed E-state index contributed by atoms with van der Waals surface area (Å²) in [7, 11) is 0. The largest absolute Gasteiger partial charge is 0.481 e. The number of hydrogen-bond acceptors (Lipinski definition) is 4. The van der Waals surface area contributed by atoms with E-state index in [1.165, 1.54) is 0 Å². The highest BCUT2D eigenvalue weighted by atomic mass is 16.4. The molecule has 0 spiro atoms. The van der Waals surface area contributed by atoms with Crippen molar-refractivity contribution < 1.29 is 24.3 Å². The Morgan fingerprint density at radius 1 is 1.04 bits per heavy atom. The zero-order valence-electron chi connectivity index (χ0n) is 13.3. The van der Waals surface area contributed by atoms with Crippen LogP contribution in [-0.4, -0.2) is 34.8 Å². The Kier molecular flexibility index (Phi) is 7.41. The van der Waals surface area contributed by atoms with Gasteiger partial charge in [0.1, 0.15) is 6.04 Å². The molecule has 2 atom stereocenters. The summed E-state index contributed by atoms with van der Waals surface area (Å²) in [5, 5.41) is 13.6. The second-order valence-corrected chi connectivity index (χ2v) is 5.32. The summed E-state index contributed by atoms with van der Waals surface area (Å²) in [5.74, 6) is -3.13. The van der Waals surface area contributed by atoms with Gasteiger partial charge in [0.2, 0.25) is 17.7 Å². The Labute approximate surface area is 139 Å². The van der Waals surface area contributed by atoms with Gasteiger partial charge in [-0.1, -0.05) is 30.3 Å². The summed E-state index contributed by atoms with van der Waals surface area (Å²) in [6.07, 6.45) is -0.851. The molecule has 0 aromatic heterocycles. The third kappa shape index (κ3) is 6.91. The van der Waals surface area contributed by atoms with Gasteiger partial charge in [-0.3, -0.25) is 19.2 Å². The minimum atomic E-state index is -1.29. The summed E-state index contributed by atoms with van der Waals surface area (Å²) in [4.78, 5) is 45.2. The van der Waals surface area contributed by atoms with Crippen LogP contribution in [0.2, 0.25) is 0 Å². The zero-order valence-corrected chi connectivity index (χ0v) is 13.3. The zero-order chi connectivity index (χ0) is 18.1. The van der Waals surface area contributed by atoms with Gasteiger partial charge in [0.25, 0.3) is 0 Å². The van der Waals surface area contributed by atoms with Crippen LogP contribution in [0.15, 0.2) is 30.3 Å².